The van der Waals surface area contributed by atoms with Crippen molar-refractivity contribution in [2.45, 2.75) is 5.91 Å². The zero-order valence-electron chi connectivity index (χ0n) is 11.7. The number of fused-ring (bicyclic) bond motifs is 4. The number of anilines is 1. The smallest absolute Gasteiger partial charge is 0.358 e. The molecule has 2 aliphatic rings. The molecule has 106 valence electrons. The monoisotopic (exact) mass is 287 g/mol. The minimum Gasteiger partial charge on any atom is -0.431 e. The molecule has 0 amide bonds. The normalized spacial score (nSPS) is 20.9. The fraction of sp³-hybridized carbons (Fsp3) is 0.0526. The summed E-state index contributed by atoms with van der Waals surface area (Å²) in [5.41, 5.74) is 2.00. The van der Waals surface area contributed by atoms with Gasteiger partial charge in [-0.2, -0.15) is 0 Å². The molecular weight excluding hydrogens is 274 g/mol. The van der Waals surface area contributed by atoms with Gasteiger partial charge in [-0.3, -0.25) is 0 Å². The van der Waals surface area contributed by atoms with E-state index < -0.39 is 5.91 Å². The van der Waals surface area contributed by atoms with Gasteiger partial charge in [0, 0.05) is 17.0 Å². The molecule has 1 atom stereocenters. The fourth-order valence-electron chi connectivity index (χ4n) is 3.05. The molecule has 0 aromatic heterocycles. The Kier molecular flexibility index (Phi) is 2.15. The lowest BCUT2D eigenvalue weighted by Crippen LogP contribution is -2.45. The average molecular weight is 287 g/mol. The van der Waals surface area contributed by atoms with Gasteiger partial charge in [0.2, 0.25) is 0 Å². The minimum atomic E-state index is -0.958. The van der Waals surface area contributed by atoms with Crippen LogP contribution in [-0.2, 0) is 0 Å². The number of hydrogen-bond donors (Lipinski definition) is 1. The van der Waals surface area contributed by atoms with Gasteiger partial charge >= 0.3 is 5.91 Å². The Bertz CT molecular complexity index is 932. The summed E-state index contributed by atoms with van der Waals surface area (Å²) in [6.07, 6.45) is 3.95. The molecule has 0 radical (unpaired) electrons. The molecule has 22 heavy (non-hydrogen) atoms. The van der Waals surface area contributed by atoms with Crippen LogP contribution in [0, 0.1) is 0 Å². The predicted molar refractivity (Wildman–Crippen MR) is 87.0 cm³/mol. The quantitative estimate of drug-likeness (QED) is 0.664. The highest BCUT2D eigenvalue weighted by molar-refractivity contribution is 5.94. The summed E-state index contributed by atoms with van der Waals surface area (Å²) in [6.45, 7) is 0. The summed E-state index contributed by atoms with van der Waals surface area (Å²) in [5.74, 6) is 0.692. The third kappa shape index (κ3) is 1.56. The van der Waals surface area contributed by atoms with Crippen LogP contribution in [-0.4, -0.2) is 5.91 Å². The molecule has 0 aliphatic carbocycles. The lowest BCUT2D eigenvalue weighted by atomic mass is 10.1. The van der Waals surface area contributed by atoms with Crippen LogP contribution in [0.2, 0.25) is 0 Å². The third-order valence-electron chi connectivity index (χ3n) is 4.11. The van der Waals surface area contributed by atoms with Crippen molar-refractivity contribution >= 4 is 22.5 Å². The second-order valence-electron chi connectivity index (χ2n) is 5.53. The van der Waals surface area contributed by atoms with E-state index in [-0.39, 0.29) is 0 Å². The van der Waals surface area contributed by atoms with E-state index in [2.05, 4.69) is 23.5 Å². The van der Waals surface area contributed by atoms with Gasteiger partial charge in [0.05, 0.1) is 5.69 Å². The number of ether oxygens (including phenoxy) is 2. The number of hydrogen-bond acceptors (Lipinski definition) is 3. The summed E-state index contributed by atoms with van der Waals surface area (Å²) in [7, 11) is 0. The summed E-state index contributed by atoms with van der Waals surface area (Å²) in [4.78, 5) is 0. The molecule has 0 fully saturated rings. The van der Waals surface area contributed by atoms with Gasteiger partial charge in [0.1, 0.15) is 5.75 Å². The molecule has 1 unspecified atom stereocenters. The van der Waals surface area contributed by atoms with Gasteiger partial charge < -0.3 is 14.8 Å². The van der Waals surface area contributed by atoms with Crippen molar-refractivity contribution in [1.82, 2.24) is 0 Å². The van der Waals surface area contributed by atoms with Crippen molar-refractivity contribution in [2.24, 2.45) is 0 Å². The maximum Gasteiger partial charge on any atom is 0.358 e. The molecule has 0 saturated heterocycles. The fourth-order valence-corrected chi connectivity index (χ4v) is 3.05. The van der Waals surface area contributed by atoms with Crippen molar-refractivity contribution in [1.29, 1.82) is 0 Å². The lowest BCUT2D eigenvalue weighted by Gasteiger charge is -2.30. The van der Waals surface area contributed by atoms with Crippen LogP contribution in [0.25, 0.3) is 16.8 Å². The third-order valence-corrected chi connectivity index (χ3v) is 4.11. The van der Waals surface area contributed by atoms with E-state index in [1.54, 1.807) is 0 Å². The van der Waals surface area contributed by atoms with Crippen molar-refractivity contribution in [3.63, 3.8) is 0 Å². The Hall–Kier alpha value is -2.94. The zero-order valence-corrected chi connectivity index (χ0v) is 11.7. The van der Waals surface area contributed by atoms with Crippen LogP contribution >= 0.6 is 0 Å². The van der Waals surface area contributed by atoms with Gasteiger partial charge in [-0.05, 0) is 23.6 Å². The van der Waals surface area contributed by atoms with E-state index in [0.717, 1.165) is 33.5 Å². The van der Waals surface area contributed by atoms with Crippen LogP contribution in [0.1, 0.15) is 5.56 Å². The van der Waals surface area contributed by atoms with Gasteiger partial charge in [0.15, 0.2) is 5.75 Å². The van der Waals surface area contributed by atoms with Crippen LogP contribution < -0.4 is 14.8 Å². The number of nitrogens with one attached hydrogen (secondary N) is 1. The Morgan fingerprint density at radius 2 is 1.68 bits per heavy atom. The van der Waals surface area contributed by atoms with Crippen molar-refractivity contribution in [2.75, 3.05) is 5.32 Å². The SMILES string of the molecule is C1=CC2(Nc3ccc4ccccc4c3O2)Oc2ccccc21. The van der Waals surface area contributed by atoms with Crippen LogP contribution in [0.3, 0.4) is 0 Å². The maximum atomic E-state index is 6.19. The van der Waals surface area contributed by atoms with Gasteiger partial charge in [-0.1, -0.05) is 48.5 Å². The molecule has 0 bridgehead atoms. The van der Waals surface area contributed by atoms with E-state index >= 15 is 0 Å². The summed E-state index contributed by atoms with van der Waals surface area (Å²) in [5, 5.41) is 5.59. The molecule has 1 N–H and O–H groups in total. The standard InChI is InChI=1S/C19H13NO2/c1-3-7-15-13(5-1)9-10-16-18(15)22-19(20-16)12-11-14-6-2-4-8-17(14)21-19/h1-12,20H. The van der Waals surface area contributed by atoms with E-state index in [1.165, 1.54) is 0 Å². The first kappa shape index (κ1) is 11.7. The Morgan fingerprint density at radius 3 is 2.68 bits per heavy atom. The molecule has 5 rings (SSSR count). The highest BCUT2D eigenvalue weighted by atomic mass is 16.7. The average Bonchev–Trinajstić information content (AvgIpc) is 2.93. The molecule has 1 spiro atoms. The number of para-hydroxylation sites is 1. The van der Waals surface area contributed by atoms with Crippen LogP contribution in [0.15, 0.2) is 66.7 Å². The first-order valence-electron chi connectivity index (χ1n) is 7.29. The van der Waals surface area contributed by atoms with Gasteiger partial charge in [0.25, 0.3) is 0 Å². The molecule has 0 saturated carbocycles. The van der Waals surface area contributed by atoms with Gasteiger partial charge in [-0.25, -0.2) is 0 Å². The second kappa shape index (κ2) is 4.04. The highest BCUT2D eigenvalue weighted by Gasteiger charge is 2.42. The predicted octanol–water partition coefficient (Wildman–Crippen LogP) is 4.40. The first-order valence-corrected chi connectivity index (χ1v) is 7.29. The zero-order chi connectivity index (χ0) is 14.6. The van der Waals surface area contributed by atoms with Crippen LogP contribution in [0.5, 0.6) is 11.5 Å². The minimum absolute atomic E-state index is 0.814. The largest absolute Gasteiger partial charge is 0.431 e. The Labute approximate surface area is 127 Å². The van der Waals surface area contributed by atoms with Crippen molar-refractivity contribution in [3.05, 3.63) is 72.3 Å². The summed E-state index contributed by atoms with van der Waals surface area (Å²) >= 11 is 0. The molecule has 2 heterocycles. The first-order chi connectivity index (χ1) is 10.8. The number of benzene rings is 3. The summed E-state index contributed by atoms with van der Waals surface area (Å²) < 4.78 is 12.3. The summed E-state index contributed by atoms with van der Waals surface area (Å²) in [6, 6.07) is 20.2. The van der Waals surface area contributed by atoms with E-state index in [9.17, 15) is 0 Å². The highest BCUT2D eigenvalue weighted by Crippen LogP contribution is 2.45. The molecule has 3 nitrogen and oxygen atoms in total. The molecule has 3 heteroatoms. The maximum absolute atomic E-state index is 6.19. The number of rotatable bonds is 0. The Balaban J connectivity index is 1.62. The Morgan fingerprint density at radius 1 is 0.818 bits per heavy atom. The second-order valence-corrected chi connectivity index (χ2v) is 5.53. The molecule has 3 aromatic rings. The van der Waals surface area contributed by atoms with E-state index in [1.807, 2.05) is 54.6 Å². The van der Waals surface area contributed by atoms with E-state index in [0.29, 0.717) is 0 Å². The molecule has 3 aromatic carbocycles. The lowest BCUT2D eigenvalue weighted by molar-refractivity contribution is -0.0332. The molecule has 2 aliphatic heterocycles. The van der Waals surface area contributed by atoms with Gasteiger partial charge in [-0.15, -0.1) is 0 Å². The van der Waals surface area contributed by atoms with Crippen molar-refractivity contribution in [3.8, 4) is 11.5 Å². The topological polar surface area (TPSA) is 30.5 Å². The van der Waals surface area contributed by atoms with Crippen molar-refractivity contribution < 1.29 is 9.47 Å². The van der Waals surface area contributed by atoms with E-state index in [4.69, 9.17) is 9.47 Å². The van der Waals surface area contributed by atoms with Crippen LogP contribution in [0.4, 0.5) is 5.69 Å². The molecular formula is C19H13NO2.